The zero-order chi connectivity index (χ0) is 16.8. The SMILES string of the molecule is CCNc1ccc(N2CCC(C(=O)Nc3ccccc3)CC2)nn1. The van der Waals surface area contributed by atoms with E-state index in [9.17, 15) is 4.79 Å². The monoisotopic (exact) mass is 325 g/mol. The van der Waals surface area contributed by atoms with Gasteiger partial charge in [0.2, 0.25) is 5.91 Å². The molecule has 0 spiro atoms. The van der Waals surface area contributed by atoms with Crippen molar-refractivity contribution >= 4 is 23.2 Å². The number of carbonyl (C=O) groups is 1. The Bertz CT molecular complexity index is 651. The summed E-state index contributed by atoms with van der Waals surface area (Å²) in [7, 11) is 0. The van der Waals surface area contributed by atoms with Gasteiger partial charge in [-0.25, -0.2) is 0 Å². The molecule has 1 aromatic heterocycles. The minimum absolute atomic E-state index is 0.0513. The lowest BCUT2D eigenvalue weighted by Gasteiger charge is -2.31. The van der Waals surface area contributed by atoms with E-state index in [0.717, 1.165) is 49.8 Å². The van der Waals surface area contributed by atoms with E-state index in [0.29, 0.717) is 0 Å². The first kappa shape index (κ1) is 16.2. The van der Waals surface area contributed by atoms with Crippen LogP contribution in [0.15, 0.2) is 42.5 Å². The standard InChI is InChI=1S/C18H23N5O/c1-2-19-16-8-9-17(22-21-16)23-12-10-14(11-13-23)18(24)20-15-6-4-3-5-7-15/h3-9,14H,2,10-13H2,1H3,(H,19,21)(H,20,24). The summed E-state index contributed by atoms with van der Waals surface area (Å²) < 4.78 is 0. The lowest BCUT2D eigenvalue weighted by Crippen LogP contribution is -2.38. The van der Waals surface area contributed by atoms with E-state index < -0.39 is 0 Å². The highest BCUT2D eigenvalue weighted by molar-refractivity contribution is 5.92. The summed E-state index contributed by atoms with van der Waals surface area (Å²) in [6.07, 6.45) is 1.66. The lowest BCUT2D eigenvalue weighted by molar-refractivity contribution is -0.120. The van der Waals surface area contributed by atoms with E-state index in [2.05, 4.69) is 25.7 Å². The van der Waals surface area contributed by atoms with Gasteiger partial charge in [0.05, 0.1) is 0 Å². The quantitative estimate of drug-likeness (QED) is 0.884. The molecule has 6 nitrogen and oxygen atoms in total. The second-order valence-electron chi connectivity index (χ2n) is 5.92. The number of amides is 1. The molecule has 1 saturated heterocycles. The molecule has 0 unspecified atom stereocenters. The molecular formula is C18H23N5O. The topological polar surface area (TPSA) is 70.2 Å². The first-order valence-electron chi connectivity index (χ1n) is 8.44. The number of piperidine rings is 1. The van der Waals surface area contributed by atoms with Gasteiger partial charge in [0.1, 0.15) is 5.82 Å². The van der Waals surface area contributed by atoms with Crippen LogP contribution < -0.4 is 15.5 Å². The summed E-state index contributed by atoms with van der Waals surface area (Å²) in [6.45, 7) is 4.50. The number of hydrogen-bond donors (Lipinski definition) is 2. The summed E-state index contributed by atoms with van der Waals surface area (Å²) >= 11 is 0. The third-order valence-electron chi connectivity index (χ3n) is 4.24. The molecule has 1 aliphatic rings. The van der Waals surface area contributed by atoms with Gasteiger partial charge in [0.15, 0.2) is 5.82 Å². The van der Waals surface area contributed by atoms with Crippen molar-refractivity contribution in [2.75, 3.05) is 35.2 Å². The molecule has 3 rings (SSSR count). The number of rotatable bonds is 5. The van der Waals surface area contributed by atoms with Crippen LogP contribution in [0.25, 0.3) is 0 Å². The van der Waals surface area contributed by atoms with Crippen LogP contribution in [0, 0.1) is 5.92 Å². The molecule has 126 valence electrons. The molecule has 2 N–H and O–H groups in total. The third-order valence-corrected chi connectivity index (χ3v) is 4.24. The second kappa shape index (κ2) is 7.77. The van der Waals surface area contributed by atoms with Crippen molar-refractivity contribution in [1.82, 2.24) is 10.2 Å². The van der Waals surface area contributed by atoms with Gasteiger partial charge in [0, 0.05) is 31.2 Å². The normalized spacial score (nSPS) is 15.1. The van der Waals surface area contributed by atoms with Gasteiger partial charge in [-0.15, -0.1) is 10.2 Å². The number of hydrogen-bond acceptors (Lipinski definition) is 5. The van der Waals surface area contributed by atoms with Gasteiger partial charge in [-0.3, -0.25) is 4.79 Å². The Balaban J connectivity index is 1.52. The summed E-state index contributed by atoms with van der Waals surface area (Å²) in [5.74, 6) is 1.82. The van der Waals surface area contributed by atoms with Crippen LogP contribution in [0.1, 0.15) is 19.8 Å². The summed E-state index contributed by atoms with van der Waals surface area (Å²) in [4.78, 5) is 14.6. The van der Waals surface area contributed by atoms with E-state index in [4.69, 9.17) is 0 Å². The summed E-state index contributed by atoms with van der Waals surface area (Å²) in [5, 5.41) is 14.6. The van der Waals surface area contributed by atoms with Gasteiger partial charge in [0.25, 0.3) is 0 Å². The van der Waals surface area contributed by atoms with Crippen LogP contribution in [0.4, 0.5) is 17.3 Å². The molecule has 1 amide bonds. The van der Waals surface area contributed by atoms with Crippen molar-refractivity contribution in [3.05, 3.63) is 42.5 Å². The van der Waals surface area contributed by atoms with Gasteiger partial charge in [-0.1, -0.05) is 18.2 Å². The molecule has 0 saturated carbocycles. The van der Waals surface area contributed by atoms with E-state index in [-0.39, 0.29) is 11.8 Å². The minimum Gasteiger partial charge on any atom is -0.369 e. The van der Waals surface area contributed by atoms with Crippen LogP contribution in [0.2, 0.25) is 0 Å². The maximum atomic E-state index is 12.4. The third kappa shape index (κ3) is 4.01. The molecule has 1 fully saturated rings. The zero-order valence-corrected chi connectivity index (χ0v) is 13.9. The molecule has 1 aromatic carbocycles. The maximum Gasteiger partial charge on any atom is 0.227 e. The molecular weight excluding hydrogens is 302 g/mol. The van der Waals surface area contributed by atoms with Gasteiger partial charge in [-0.2, -0.15) is 0 Å². The highest BCUT2D eigenvalue weighted by Gasteiger charge is 2.25. The first-order chi connectivity index (χ1) is 11.8. The highest BCUT2D eigenvalue weighted by atomic mass is 16.1. The molecule has 24 heavy (non-hydrogen) atoms. The fourth-order valence-corrected chi connectivity index (χ4v) is 2.91. The molecule has 0 aliphatic carbocycles. The van der Waals surface area contributed by atoms with Crippen LogP contribution >= 0.6 is 0 Å². The number of anilines is 3. The van der Waals surface area contributed by atoms with E-state index in [1.165, 1.54) is 0 Å². The largest absolute Gasteiger partial charge is 0.369 e. The van der Waals surface area contributed by atoms with Crippen molar-refractivity contribution in [3.63, 3.8) is 0 Å². The predicted molar refractivity (Wildman–Crippen MR) is 96.2 cm³/mol. The number of carbonyl (C=O) groups excluding carboxylic acids is 1. The average molecular weight is 325 g/mol. The van der Waals surface area contributed by atoms with Crippen molar-refractivity contribution in [1.29, 1.82) is 0 Å². The average Bonchev–Trinajstić information content (AvgIpc) is 2.64. The van der Waals surface area contributed by atoms with Crippen molar-refractivity contribution in [2.24, 2.45) is 5.92 Å². The van der Waals surface area contributed by atoms with Crippen LogP contribution in [-0.2, 0) is 4.79 Å². The summed E-state index contributed by atoms with van der Waals surface area (Å²) in [6, 6.07) is 13.5. The zero-order valence-electron chi connectivity index (χ0n) is 13.9. The molecule has 0 radical (unpaired) electrons. The fourth-order valence-electron chi connectivity index (χ4n) is 2.91. The molecule has 2 heterocycles. The van der Waals surface area contributed by atoms with Crippen molar-refractivity contribution < 1.29 is 4.79 Å². The Hall–Kier alpha value is -2.63. The number of nitrogens with one attached hydrogen (secondary N) is 2. The smallest absolute Gasteiger partial charge is 0.227 e. The lowest BCUT2D eigenvalue weighted by atomic mass is 9.96. The fraction of sp³-hybridized carbons (Fsp3) is 0.389. The van der Waals surface area contributed by atoms with Gasteiger partial charge in [-0.05, 0) is 44.0 Å². The number of para-hydroxylation sites is 1. The van der Waals surface area contributed by atoms with Crippen LogP contribution in [0.5, 0.6) is 0 Å². The Morgan fingerprint density at radius 2 is 1.88 bits per heavy atom. The predicted octanol–water partition coefficient (Wildman–Crippen LogP) is 2.76. The Labute approximate surface area is 142 Å². The summed E-state index contributed by atoms with van der Waals surface area (Å²) in [5.41, 5.74) is 0.856. The second-order valence-corrected chi connectivity index (χ2v) is 5.92. The number of benzene rings is 1. The number of aromatic nitrogens is 2. The van der Waals surface area contributed by atoms with Gasteiger partial charge >= 0.3 is 0 Å². The first-order valence-corrected chi connectivity index (χ1v) is 8.44. The van der Waals surface area contributed by atoms with Crippen LogP contribution in [-0.4, -0.2) is 35.7 Å². The van der Waals surface area contributed by atoms with E-state index in [1.807, 2.05) is 49.4 Å². The minimum atomic E-state index is 0.0513. The maximum absolute atomic E-state index is 12.4. The van der Waals surface area contributed by atoms with Gasteiger partial charge < -0.3 is 15.5 Å². The molecule has 2 aromatic rings. The molecule has 0 atom stereocenters. The molecule has 0 bridgehead atoms. The van der Waals surface area contributed by atoms with Crippen LogP contribution in [0.3, 0.4) is 0 Å². The van der Waals surface area contributed by atoms with E-state index >= 15 is 0 Å². The van der Waals surface area contributed by atoms with Crippen molar-refractivity contribution in [3.8, 4) is 0 Å². The Kier molecular flexibility index (Phi) is 5.25. The Morgan fingerprint density at radius 1 is 1.12 bits per heavy atom. The highest BCUT2D eigenvalue weighted by Crippen LogP contribution is 2.23. The molecule has 6 heteroatoms. The number of nitrogens with zero attached hydrogens (tertiary/aromatic N) is 3. The molecule has 1 aliphatic heterocycles. The Morgan fingerprint density at radius 3 is 2.50 bits per heavy atom. The van der Waals surface area contributed by atoms with Crippen molar-refractivity contribution in [2.45, 2.75) is 19.8 Å². The van der Waals surface area contributed by atoms with E-state index in [1.54, 1.807) is 0 Å².